The molecule has 2 nitrogen and oxygen atoms in total. The molecule has 0 unspecified atom stereocenters. The van der Waals surface area contributed by atoms with Crippen molar-refractivity contribution in [3.05, 3.63) is 23.8 Å². The van der Waals surface area contributed by atoms with Gasteiger partial charge in [0.2, 0.25) is 0 Å². The van der Waals surface area contributed by atoms with Gasteiger partial charge in [0.1, 0.15) is 11.2 Å². The molecule has 0 bridgehead atoms. The van der Waals surface area contributed by atoms with Crippen LogP contribution in [0.5, 0.6) is 0 Å². The molecule has 0 N–H and O–H groups in total. The first kappa shape index (κ1) is 16.2. The van der Waals surface area contributed by atoms with Crippen LogP contribution < -0.4 is 0 Å². The Morgan fingerprint density at radius 1 is 1.24 bits per heavy atom. The Bertz CT molecular complexity index is 510. The second-order valence-corrected chi connectivity index (χ2v) is 7.49. The number of fused-ring (bicyclic) bond motifs is 1. The molecule has 0 heterocycles. The first-order chi connectivity index (χ1) is 9.72. The Kier molecular flexibility index (Phi) is 4.28. The van der Waals surface area contributed by atoms with Crippen LogP contribution in [0, 0.1) is 29.1 Å². The van der Waals surface area contributed by atoms with Gasteiger partial charge in [-0.15, -0.1) is 0 Å². The number of hydrogen-bond donors (Lipinski definition) is 0. The van der Waals surface area contributed by atoms with E-state index in [0.717, 1.165) is 19.3 Å². The van der Waals surface area contributed by atoms with Crippen LogP contribution in [0.1, 0.15) is 53.9 Å². The van der Waals surface area contributed by atoms with Crippen LogP contribution in [0.25, 0.3) is 0 Å². The summed E-state index contributed by atoms with van der Waals surface area (Å²) in [6.07, 6.45) is 5.00. The minimum Gasteiger partial charge on any atom is -0.298 e. The van der Waals surface area contributed by atoms with E-state index in [2.05, 4.69) is 19.6 Å². The Hall–Kier alpha value is -1.18. The number of carbonyl (C=O) groups is 2. The van der Waals surface area contributed by atoms with Crippen LogP contribution in [0.2, 0.25) is 0 Å². The van der Waals surface area contributed by atoms with E-state index in [4.69, 9.17) is 0 Å². The summed E-state index contributed by atoms with van der Waals surface area (Å²) in [6.45, 7) is 13.9. The largest absolute Gasteiger partial charge is 0.298 e. The van der Waals surface area contributed by atoms with Crippen molar-refractivity contribution in [2.45, 2.75) is 53.9 Å². The third kappa shape index (κ3) is 2.33. The molecule has 5 atom stereocenters. The van der Waals surface area contributed by atoms with Crippen molar-refractivity contribution in [3.8, 4) is 0 Å². The van der Waals surface area contributed by atoms with Gasteiger partial charge in [-0.1, -0.05) is 32.1 Å². The maximum absolute atomic E-state index is 13.1. The van der Waals surface area contributed by atoms with Crippen LogP contribution in [0.4, 0.5) is 0 Å². The van der Waals surface area contributed by atoms with Crippen LogP contribution in [0.3, 0.4) is 0 Å². The van der Waals surface area contributed by atoms with E-state index in [1.165, 1.54) is 5.57 Å². The van der Waals surface area contributed by atoms with Crippen molar-refractivity contribution >= 4 is 11.6 Å². The van der Waals surface area contributed by atoms with Gasteiger partial charge >= 0.3 is 0 Å². The lowest BCUT2D eigenvalue weighted by atomic mass is 9.56. The normalized spacial score (nSPS) is 38.8. The Balaban J connectivity index is 2.63. The minimum absolute atomic E-state index is 0.00380. The van der Waals surface area contributed by atoms with Gasteiger partial charge in [0.15, 0.2) is 5.78 Å². The van der Waals surface area contributed by atoms with Crippen molar-refractivity contribution in [3.63, 3.8) is 0 Å². The molecule has 2 aliphatic carbocycles. The highest BCUT2D eigenvalue weighted by Gasteiger charge is 2.63. The van der Waals surface area contributed by atoms with Crippen molar-refractivity contribution in [2.75, 3.05) is 0 Å². The van der Waals surface area contributed by atoms with E-state index in [0.29, 0.717) is 11.5 Å². The lowest BCUT2D eigenvalue weighted by Crippen LogP contribution is -2.52. The van der Waals surface area contributed by atoms with Gasteiger partial charge in [0.25, 0.3) is 0 Å². The van der Waals surface area contributed by atoms with Gasteiger partial charge in [-0.3, -0.25) is 9.59 Å². The molecule has 0 aromatic heterocycles. The van der Waals surface area contributed by atoms with Gasteiger partial charge < -0.3 is 0 Å². The van der Waals surface area contributed by atoms with E-state index in [9.17, 15) is 9.59 Å². The topological polar surface area (TPSA) is 34.1 Å². The van der Waals surface area contributed by atoms with E-state index >= 15 is 0 Å². The fraction of sp³-hybridized carbons (Fsp3) is 0.684. The zero-order chi connectivity index (χ0) is 15.9. The fourth-order valence-corrected chi connectivity index (χ4v) is 4.72. The van der Waals surface area contributed by atoms with E-state index in [1.54, 1.807) is 6.92 Å². The summed E-state index contributed by atoms with van der Waals surface area (Å²) < 4.78 is 0. The molecule has 0 aromatic carbocycles. The van der Waals surface area contributed by atoms with Crippen molar-refractivity contribution in [1.29, 1.82) is 0 Å². The molecule has 116 valence electrons. The first-order valence-corrected chi connectivity index (χ1v) is 8.12. The number of ketones is 2. The Labute approximate surface area is 128 Å². The molecule has 0 amide bonds. The van der Waals surface area contributed by atoms with E-state index in [-0.39, 0.29) is 29.3 Å². The molecule has 2 aliphatic rings. The van der Waals surface area contributed by atoms with Crippen molar-refractivity contribution in [2.24, 2.45) is 29.1 Å². The van der Waals surface area contributed by atoms with Crippen LogP contribution in [-0.2, 0) is 9.59 Å². The standard InChI is InChI=1S/C19H28O2/c1-11(2)9-15-10-14(6)16-8-7-13(5)18(21)19(15,16)17(20)12(3)4/h9,13-16H,3,7-8,10H2,1-2,4-6H3/t13-,14+,15-,16-,19-/m0/s1. The lowest BCUT2D eigenvalue weighted by Gasteiger charge is -2.43. The molecule has 2 heteroatoms. The quantitative estimate of drug-likeness (QED) is 0.439. The summed E-state index contributed by atoms with van der Waals surface area (Å²) in [6, 6.07) is 0. The summed E-state index contributed by atoms with van der Waals surface area (Å²) in [5, 5.41) is 0. The molecule has 21 heavy (non-hydrogen) atoms. The molecule has 0 spiro atoms. The molecular weight excluding hydrogens is 260 g/mol. The maximum atomic E-state index is 13.1. The van der Waals surface area contributed by atoms with Gasteiger partial charge in [-0.25, -0.2) is 0 Å². The predicted octanol–water partition coefficient (Wildman–Crippen LogP) is 4.36. The van der Waals surface area contributed by atoms with Gasteiger partial charge in [0, 0.05) is 5.92 Å². The highest BCUT2D eigenvalue weighted by Crippen LogP contribution is 2.59. The summed E-state index contributed by atoms with van der Waals surface area (Å²) >= 11 is 0. The number of carbonyl (C=O) groups excluding carboxylic acids is 2. The highest BCUT2D eigenvalue weighted by atomic mass is 16.2. The summed E-state index contributed by atoms with van der Waals surface area (Å²) in [7, 11) is 0. The summed E-state index contributed by atoms with van der Waals surface area (Å²) in [5.41, 5.74) is 0.886. The minimum atomic E-state index is -0.833. The van der Waals surface area contributed by atoms with Crippen LogP contribution >= 0.6 is 0 Å². The zero-order valence-electron chi connectivity index (χ0n) is 14.0. The summed E-state index contributed by atoms with van der Waals surface area (Å²) in [4.78, 5) is 26.2. The second-order valence-electron chi connectivity index (χ2n) is 7.49. The highest BCUT2D eigenvalue weighted by molar-refractivity contribution is 6.15. The zero-order valence-corrected chi connectivity index (χ0v) is 14.0. The first-order valence-electron chi connectivity index (χ1n) is 8.12. The van der Waals surface area contributed by atoms with Gasteiger partial charge in [-0.05, 0) is 63.4 Å². The average Bonchev–Trinajstić information content (AvgIpc) is 2.66. The number of rotatable bonds is 3. The molecular formula is C19H28O2. The SMILES string of the molecule is C=C(C)C(=O)[C@@]12C(=O)[C@@H](C)CC[C@H]1[C@H](C)C[C@@H]2C=C(C)C. The fourth-order valence-electron chi connectivity index (χ4n) is 4.72. The third-order valence-corrected chi connectivity index (χ3v) is 5.55. The Morgan fingerprint density at radius 3 is 2.38 bits per heavy atom. The number of Topliss-reactive ketones (excluding diaryl/α,β-unsaturated/α-hetero) is 2. The van der Waals surface area contributed by atoms with Crippen LogP contribution in [-0.4, -0.2) is 11.6 Å². The number of allylic oxidation sites excluding steroid dienone is 3. The van der Waals surface area contributed by atoms with Crippen LogP contribution in [0.15, 0.2) is 23.8 Å². The molecule has 0 aromatic rings. The molecule has 0 aliphatic heterocycles. The van der Waals surface area contributed by atoms with Crippen molar-refractivity contribution < 1.29 is 9.59 Å². The molecule has 0 saturated heterocycles. The van der Waals surface area contributed by atoms with Gasteiger partial charge in [0.05, 0.1) is 0 Å². The molecule has 2 fully saturated rings. The monoisotopic (exact) mass is 288 g/mol. The lowest BCUT2D eigenvalue weighted by molar-refractivity contribution is -0.150. The second kappa shape index (κ2) is 5.55. The molecule has 2 saturated carbocycles. The number of hydrogen-bond acceptors (Lipinski definition) is 2. The molecule has 0 radical (unpaired) electrons. The van der Waals surface area contributed by atoms with E-state index < -0.39 is 5.41 Å². The molecule has 2 rings (SSSR count). The van der Waals surface area contributed by atoms with Crippen molar-refractivity contribution in [1.82, 2.24) is 0 Å². The Morgan fingerprint density at radius 2 is 1.86 bits per heavy atom. The maximum Gasteiger partial charge on any atom is 0.172 e. The predicted molar refractivity (Wildman–Crippen MR) is 85.9 cm³/mol. The smallest absolute Gasteiger partial charge is 0.172 e. The van der Waals surface area contributed by atoms with E-state index in [1.807, 2.05) is 20.8 Å². The summed E-state index contributed by atoms with van der Waals surface area (Å²) in [5.74, 6) is 0.802. The third-order valence-electron chi connectivity index (χ3n) is 5.55. The average molecular weight is 288 g/mol. The van der Waals surface area contributed by atoms with Gasteiger partial charge in [-0.2, -0.15) is 0 Å².